The number of benzene rings is 1. The highest BCUT2D eigenvalue weighted by Gasteiger charge is 2.17. The number of nitrogens with zero attached hydrogens (tertiary/aromatic N) is 2. The molecule has 0 atom stereocenters. The highest BCUT2D eigenvalue weighted by Crippen LogP contribution is 2.18. The van der Waals surface area contributed by atoms with Crippen molar-refractivity contribution < 1.29 is 9.13 Å². The predicted molar refractivity (Wildman–Crippen MR) is 73.7 cm³/mol. The summed E-state index contributed by atoms with van der Waals surface area (Å²) in [5.41, 5.74) is 6.28. The van der Waals surface area contributed by atoms with Crippen LogP contribution in [0, 0.1) is 5.82 Å². The second-order valence-corrected chi connectivity index (χ2v) is 4.86. The maximum atomic E-state index is 13.9. The topological polar surface area (TPSA) is 41.7 Å². The molecule has 0 spiro atoms. The van der Waals surface area contributed by atoms with E-state index in [0.717, 1.165) is 38.3 Å². The Morgan fingerprint density at radius 1 is 1.21 bits per heavy atom. The summed E-state index contributed by atoms with van der Waals surface area (Å²) in [6.07, 6.45) is 0. The number of hydrogen-bond donors (Lipinski definition) is 1. The van der Waals surface area contributed by atoms with Crippen molar-refractivity contribution in [3.63, 3.8) is 0 Å². The molecule has 106 valence electrons. The molecule has 0 radical (unpaired) electrons. The third kappa shape index (κ3) is 3.89. The van der Waals surface area contributed by atoms with E-state index in [1.807, 2.05) is 6.07 Å². The Bertz CT molecular complexity index is 406. The molecule has 1 heterocycles. The van der Waals surface area contributed by atoms with Gasteiger partial charge in [-0.15, -0.1) is 0 Å². The van der Waals surface area contributed by atoms with Gasteiger partial charge in [0.1, 0.15) is 11.6 Å². The van der Waals surface area contributed by atoms with Gasteiger partial charge in [0.15, 0.2) is 0 Å². The third-order valence-corrected chi connectivity index (χ3v) is 3.56. The van der Waals surface area contributed by atoms with Gasteiger partial charge in [0.05, 0.1) is 7.11 Å². The molecule has 0 unspecified atom stereocenters. The molecule has 1 aromatic carbocycles. The summed E-state index contributed by atoms with van der Waals surface area (Å²) in [5, 5.41) is 0. The van der Waals surface area contributed by atoms with E-state index in [2.05, 4.69) is 9.80 Å². The standard InChI is InChI=1S/C14H22FN3O/c1-19-13-3-2-12(14(15)10-13)11-18-8-6-17(5-4-16)7-9-18/h2-3,10H,4-9,11,16H2,1H3. The predicted octanol–water partition coefficient (Wildman–Crippen LogP) is 0.911. The average molecular weight is 267 g/mol. The minimum atomic E-state index is -0.191. The Hall–Kier alpha value is -1.17. The Kier molecular flexibility index (Phi) is 5.13. The molecule has 0 amide bonds. The summed E-state index contributed by atoms with van der Waals surface area (Å²) >= 11 is 0. The van der Waals surface area contributed by atoms with E-state index in [4.69, 9.17) is 10.5 Å². The summed E-state index contributed by atoms with van der Waals surface area (Å²) in [4.78, 5) is 4.62. The molecule has 1 aliphatic rings. The average Bonchev–Trinajstić information content (AvgIpc) is 2.43. The van der Waals surface area contributed by atoms with E-state index in [1.54, 1.807) is 13.2 Å². The van der Waals surface area contributed by atoms with Crippen LogP contribution in [-0.4, -0.2) is 56.2 Å². The molecule has 19 heavy (non-hydrogen) atoms. The van der Waals surface area contributed by atoms with Gasteiger partial charge in [-0.05, 0) is 6.07 Å². The van der Waals surface area contributed by atoms with Crippen LogP contribution >= 0.6 is 0 Å². The minimum Gasteiger partial charge on any atom is -0.497 e. The number of hydrogen-bond acceptors (Lipinski definition) is 4. The number of methoxy groups -OCH3 is 1. The van der Waals surface area contributed by atoms with Crippen molar-refractivity contribution in [2.45, 2.75) is 6.54 Å². The maximum absolute atomic E-state index is 13.9. The molecule has 2 N–H and O–H groups in total. The second-order valence-electron chi connectivity index (χ2n) is 4.86. The zero-order valence-corrected chi connectivity index (χ0v) is 11.4. The fraction of sp³-hybridized carbons (Fsp3) is 0.571. The summed E-state index contributed by atoms with van der Waals surface area (Å²) in [6, 6.07) is 5.06. The van der Waals surface area contributed by atoms with Gasteiger partial charge in [-0.1, -0.05) is 6.07 Å². The van der Waals surface area contributed by atoms with E-state index in [9.17, 15) is 4.39 Å². The maximum Gasteiger partial charge on any atom is 0.131 e. The summed E-state index contributed by atoms with van der Waals surface area (Å²) in [7, 11) is 1.55. The van der Waals surface area contributed by atoms with Crippen molar-refractivity contribution in [2.75, 3.05) is 46.4 Å². The van der Waals surface area contributed by atoms with E-state index in [-0.39, 0.29) is 5.82 Å². The Balaban J connectivity index is 1.88. The summed E-state index contributed by atoms with van der Waals surface area (Å²) < 4.78 is 18.9. The van der Waals surface area contributed by atoms with Crippen LogP contribution < -0.4 is 10.5 Å². The minimum absolute atomic E-state index is 0.191. The molecule has 0 bridgehead atoms. The first kappa shape index (κ1) is 14.2. The number of ether oxygens (including phenoxy) is 1. The molecule has 0 saturated carbocycles. The SMILES string of the molecule is COc1ccc(CN2CCN(CCN)CC2)c(F)c1. The lowest BCUT2D eigenvalue weighted by atomic mass is 10.1. The van der Waals surface area contributed by atoms with Crippen LogP contribution in [0.1, 0.15) is 5.56 Å². The largest absolute Gasteiger partial charge is 0.497 e. The third-order valence-electron chi connectivity index (χ3n) is 3.56. The summed E-state index contributed by atoms with van der Waals surface area (Å²) in [6.45, 7) is 6.25. The van der Waals surface area contributed by atoms with Crippen LogP contribution in [0.15, 0.2) is 18.2 Å². The smallest absolute Gasteiger partial charge is 0.131 e. The fourth-order valence-electron chi connectivity index (χ4n) is 2.38. The molecule has 2 rings (SSSR count). The Morgan fingerprint density at radius 2 is 1.89 bits per heavy atom. The van der Waals surface area contributed by atoms with Gasteiger partial charge in [-0.3, -0.25) is 9.80 Å². The van der Waals surface area contributed by atoms with E-state index in [1.165, 1.54) is 6.07 Å². The summed E-state index contributed by atoms with van der Waals surface area (Å²) in [5.74, 6) is 0.373. The number of nitrogens with two attached hydrogens (primary N) is 1. The first-order valence-corrected chi connectivity index (χ1v) is 6.70. The molecule has 1 aliphatic heterocycles. The first-order valence-electron chi connectivity index (χ1n) is 6.70. The van der Waals surface area contributed by atoms with Gasteiger partial charge in [-0.2, -0.15) is 0 Å². The number of halogens is 1. The van der Waals surface area contributed by atoms with Crippen LogP contribution in [0.25, 0.3) is 0 Å². The van der Waals surface area contributed by atoms with Gasteiger partial charge in [-0.25, -0.2) is 4.39 Å². The fourth-order valence-corrected chi connectivity index (χ4v) is 2.38. The van der Waals surface area contributed by atoms with Crippen LogP contribution in [0.2, 0.25) is 0 Å². The van der Waals surface area contributed by atoms with Crippen LogP contribution in [-0.2, 0) is 6.54 Å². The lowest BCUT2D eigenvalue weighted by Crippen LogP contribution is -2.47. The van der Waals surface area contributed by atoms with Crippen LogP contribution in [0.3, 0.4) is 0 Å². The second kappa shape index (κ2) is 6.84. The van der Waals surface area contributed by atoms with Crippen molar-refractivity contribution in [1.29, 1.82) is 0 Å². The first-order chi connectivity index (χ1) is 9.22. The monoisotopic (exact) mass is 267 g/mol. The van der Waals surface area contributed by atoms with Crippen molar-refractivity contribution in [1.82, 2.24) is 9.80 Å². The van der Waals surface area contributed by atoms with Crippen molar-refractivity contribution in [3.8, 4) is 5.75 Å². The highest BCUT2D eigenvalue weighted by atomic mass is 19.1. The van der Waals surface area contributed by atoms with Crippen LogP contribution in [0.4, 0.5) is 4.39 Å². The van der Waals surface area contributed by atoms with Crippen molar-refractivity contribution >= 4 is 0 Å². The molecule has 0 aliphatic carbocycles. The normalized spacial score (nSPS) is 17.6. The molecule has 1 aromatic rings. The van der Waals surface area contributed by atoms with E-state index >= 15 is 0 Å². The molecule has 1 saturated heterocycles. The highest BCUT2D eigenvalue weighted by molar-refractivity contribution is 5.28. The quantitative estimate of drug-likeness (QED) is 0.861. The Morgan fingerprint density at radius 3 is 2.47 bits per heavy atom. The van der Waals surface area contributed by atoms with Gasteiger partial charge in [0.2, 0.25) is 0 Å². The lowest BCUT2D eigenvalue weighted by Gasteiger charge is -2.34. The zero-order chi connectivity index (χ0) is 13.7. The Labute approximate surface area is 113 Å². The lowest BCUT2D eigenvalue weighted by molar-refractivity contribution is 0.129. The van der Waals surface area contributed by atoms with Gasteiger partial charge >= 0.3 is 0 Å². The zero-order valence-electron chi connectivity index (χ0n) is 11.4. The van der Waals surface area contributed by atoms with E-state index < -0.39 is 0 Å². The van der Waals surface area contributed by atoms with Gasteiger partial charge in [0.25, 0.3) is 0 Å². The van der Waals surface area contributed by atoms with E-state index in [0.29, 0.717) is 18.8 Å². The molecule has 1 fully saturated rings. The molecular weight excluding hydrogens is 245 g/mol. The number of piperazine rings is 1. The number of rotatable bonds is 5. The van der Waals surface area contributed by atoms with Gasteiger partial charge < -0.3 is 10.5 Å². The van der Waals surface area contributed by atoms with Crippen molar-refractivity contribution in [3.05, 3.63) is 29.6 Å². The molecule has 0 aromatic heterocycles. The van der Waals surface area contributed by atoms with Crippen molar-refractivity contribution in [2.24, 2.45) is 5.73 Å². The van der Waals surface area contributed by atoms with Gasteiger partial charge in [0, 0.05) is 57.4 Å². The molecule has 4 nitrogen and oxygen atoms in total. The van der Waals surface area contributed by atoms with Crippen LogP contribution in [0.5, 0.6) is 5.75 Å². The molecular formula is C14H22FN3O. The molecule has 5 heteroatoms.